The Morgan fingerprint density at radius 2 is 1.89 bits per heavy atom. The lowest BCUT2D eigenvalue weighted by Crippen LogP contribution is -2.29. The Hall–Kier alpha value is -2.59. The lowest BCUT2D eigenvalue weighted by molar-refractivity contribution is -0.122. The van der Waals surface area contributed by atoms with Gasteiger partial charge in [-0.3, -0.25) is 9.59 Å². The van der Waals surface area contributed by atoms with Crippen molar-refractivity contribution in [1.29, 1.82) is 0 Å². The average molecular weight is 381 g/mol. The molecule has 2 aromatic rings. The minimum Gasteiger partial charge on any atom is -0.359 e. The summed E-state index contributed by atoms with van der Waals surface area (Å²) in [7, 11) is 1.68. The number of hydrogen-bond acceptors (Lipinski definition) is 2. The van der Waals surface area contributed by atoms with E-state index < -0.39 is 0 Å². The number of benzene rings is 2. The topological polar surface area (TPSA) is 49.4 Å². The van der Waals surface area contributed by atoms with Crippen LogP contribution in [0, 0.1) is 5.92 Å². The standard InChI is InChI=1S/C22H21ClN2O2/c1-13(26)25-12-17-9-15(19-11-20(19)22(27)24-2)5-3-14(17)4-6-16-10-18(23)7-8-21(16)25/h3-10,19-20H,11-12H2,1-2H3,(H,24,27)/b6-4-/t19-,20-/m0/s1. The molecule has 0 bridgehead atoms. The van der Waals surface area contributed by atoms with Gasteiger partial charge in [-0.1, -0.05) is 42.0 Å². The fourth-order valence-electron chi connectivity index (χ4n) is 3.82. The van der Waals surface area contributed by atoms with Crippen LogP contribution in [-0.2, 0) is 16.1 Å². The molecule has 2 aromatic carbocycles. The van der Waals surface area contributed by atoms with Gasteiger partial charge < -0.3 is 10.2 Å². The second kappa shape index (κ2) is 6.86. The zero-order valence-corrected chi connectivity index (χ0v) is 16.1. The van der Waals surface area contributed by atoms with Crippen molar-refractivity contribution in [3.63, 3.8) is 0 Å². The van der Waals surface area contributed by atoms with Crippen molar-refractivity contribution in [2.45, 2.75) is 25.8 Å². The average Bonchev–Trinajstić information content (AvgIpc) is 3.43. The summed E-state index contributed by atoms with van der Waals surface area (Å²) in [5.74, 6) is 0.410. The molecule has 0 aromatic heterocycles. The molecule has 2 atom stereocenters. The van der Waals surface area contributed by atoms with Crippen LogP contribution in [0.1, 0.15) is 41.5 Å². The summed E-state index contributed by atoms with van der Waals surface area (Å²) in [4.78, 5) is 26.0. The predicted octanol–water partition coefficient (Wildman–Crippen LogP) is 4.23. The van der Waals surface area contributed by atoms with Gasteiger partial charge in [0.1, 0.15) is 0 Å². The van der Waals surface area contributed by atoms with Crippen LogP contribution in [0.4, 0.5) is 5.69 Å². The Morgan fingerprint density at radius 3 is 2.63 bits per heavy atom. The van der Waals surface area contributed by atoms with Crippen molar-refractivity contribution in [1.82, 2.24) is 5.32 Å². The van der Waals surface area contributed by atoms with E-state index in [1.165, 1.54) is 0 Å². The molecule has 5 heteroatoms. The summed E-state index contributed by atoms with van der Waals surface area (Å²) in [5, 5.41) is 3.38. The van der Waals surface area contributed by atoms with Crippen LogP contribution in [0.15, 0.2) is 36.4 Å². The number of nitrogens with one attached hydrogen (secondary N) is 1. The van der Waals surface area contributed by atoms with Crippen molar-refractivity contribution in [3.8, 4) is 0 Å². The molecule has 0 saturated heterocycles. The molecule has 4 rings (SSSR count). The van der Waals surface area contributed by atoms with Crippen LogP contribution >= 0.6 is 11.6 Å². The summed E-state index contributed by atoms with van der Waals surface area (Å²) >= 11 is 6.14. The number of hydrogen-bond donors (Lipinski definition) is 1. The van der Waals surface area contributed by atoms with Crippen LogP contribution < -0.4 is 10.2 Å². The van der Waals surface area contributed by atoms with E-state index in [1.807, 2.05) is 18.2 Å². The van der Waals surface area contributed by atoms with Gasteiger partial charge in [0.2, 0.25) is 11.8 Å². The van der Waals surface area contributed by atoms with E-state index in [0.29, 0.717) is 11.6 Å². The summed E-state index contributed by atoms with van der Waals surface area (Å²) in [6.07, 6.45) is 4.94. The van der Waals surface area contributed by atoms with Crippen molar-refractivity contribution in [2.75, 3.05) is 11.9 Å². The first-order valence-electron chi connectivity index (χ1n) is 9.08. The Bertz CT molecular complexity index is 967. The number of halogens is 1. The number of fused-ring (bicyclic) bond motifs is 2. The first-order valence-corrected chi connectivity index (χ1v) is 9.46. The highest BCUT2D eigenvalue weighted by Crippen LogP contribution is 2.48. The van der Waals surface area contributed by atoms with Crippen molar-refractivity contribution >= 4 is 41.3 Å². The molecule has 1 fully saturated rings. The quantitative estimate of drug-likeness (QED) is 0.847. The first-order chi connectivity index (χ1) is 13.0. The van der Waals surface area contributed by atoms with Crippen molar-refractivity contribution in [2.24, 2.45) is 5.92 Å². The second-order valence-electron chi connectivity index (χ2n) is 7.16. The molecule has 0 spiro atoms. The third kappa shape index (κ3) is 3.37. The molecule has 1 aliphatic heterocycles. The molecule has 0 unspecified atom stereocenters. The summed E-state index contributed by atoms with van der Waals surface area (Å²) < 4.78 is 0. The number of carbonyl (C=O) groups excluding carboxylic acids is 2. The highest BCUT2D eigenvalue weighted by atomic mass is 35.5. The normalized spacial score (nSPS) is 21.4. The van der Waals surface area contributed by atoms with Crippen LogP contribution in [-0.4, -0.2) is 18.9 Å². The minimum atomic E-state index is -0.0140. The fourth-order valence-corrected chi connectivity index (χ4v) is 4.00. The van der Waals surface area contributed by atoms with Crippen molar-refractivity contribution in [3.05, 3.63) is 63.7 Å². The van der Waals surface area contributed by atoms with E-state index in [1.54, 1.807) is 24.9 Å². The number of amides is 2. The Kier molecular flexibility index (Phi) is 4.52. The highest BCUT2D eigenvalue weighted by Gasteiger charge is 2.43. The van der Waals surface area contributed by atoms with Gasteiger partial charge in [0.25, 0.3) is 0 Å². The SMILES string of the molecule is CNC(=O)[C@H]1C[C@H]1c1ccc2c(c1)CN(C(C)=O)c1ccc(Cl)cc1/C=C\2. The molecule has 1 N–H and O–H groups in total. The maximum atomic E-state index is 12.3. The predicted molar refractivity (Wildman–Crippen MR) is 109 cm³/mol. The van der Waals surface area contributed by atoms with E-state index in [0.717, 1.165) is 34.4 Å². The Labute approximate surface area is 163 Å². The van der Waals surface area contributed by atoms with Gasteiger partial charge in [-0.15, -0.1) is 0 Å². The summed E-state index contributed by atoms with van der Waals surface area (Å²) in [6.45, 7) is 2.07. The zero-order chi connectivity index (χ0) is 19.1. The molecule has 1 heterocycles. The third-order valence-corrected chi connectivity index (χ3v) is 5.64. The lowest BCUT2D eigenvalue weighted by Gasteiger charge is -2.26. The van der Waals surface area contributed by atoms with E-state index in [9.17, 15) is 9.59 Å². The number of rotatable bonds is 2. The van der Waals surface area contributed by atoms with Gasteiger partial charge in [-0.2, -0.15) is 0 Å². The van der Waals surface area contributed by atoms with E-state index in [-0.39, 0.29) is 23.7 Å². The van der Waals surface area contributed by atoms with Gasteiger partial charge in [0.15, 0.2) is 0 Å². The molecule has 0 radical (unpaired) electrons. The van der Waals surface area contributed by atoms with E-state index in [2.05, 4.69) is 29.6 Å². The molecule has 2 amide bonds. The summed E-state index contributed by atoms with van der Waals surface area (Å²) in [5.41, 5.74) is 5.11. The highest BCUT2D eigenvalue weighted by molar-refractivity contribution is 6.30. The van der Waals surface area contributed by atoms with Gasteiger partial charge in [-0.05, 0) is 52.8 Å². The molecule has 2 aliphatic rings. The monoisotopic (exact) mass is 380 g/mol. The number of carbonyl (C=O) groups is 2. The number of nitrogens with zero attached hydrogens (tertiary/aromatic N) is 1. The molecule has 1 saturated carbocycles. The van der Waals surface area contributed by atoms with E-state index in [4.69, 9.17) is 11.6 Å². The van der Waals surface area contributed by atoms with Crippen LogP contribution in [0.25, 0.3) is 12.2 Å². The molecule has 1 aliphatic carbocycles. The molecule has 138 valence electrons. The van der Waals surface area contributed by atoms with Crippen molar-refractivity contribution < 1.29 is 9.59 Å². The third-order valence-electron chi connectivity index (χ3n) is 5.40. The van der Waals surface area contributed by atoms with Gasteiger partial charge in [0, 0.05) is 24.9 Å². The molecular formula is C22H21ClN2O2. The zero-order valence-electron chi connectivity index (χ0n) is 15.3. The van der Waals surface area contributed by atoms with Gasteiger partial charge in [-0.25, -0.2) is 0 Å². The van der Waals surface area contributed by atoms with Gasteiger partial charge in [0.05, 0.1) is 12.2 Å². The molecule has 4 nitrogen and oxygen atoms in total. The lowest BCUT2D eigenvalue weighted by atomic mass is 9.97. The van der Waals surface area contributed by atoms with Gasteiger partial charge >= 0.3 is 0 Å². The fraction of sp³-hybridized carbons (Fsp3) is 0.273. The smallest absolute Gasteiger partial charge is 0.224 e. The first kappa shape index (κ1) is 17.8. The Morgan fingerprint density at radius 1 is 1.11 bits per heavy atom. The maximum absolute atomic E-state index is 12.3. The maximum Gasteiger partial charge on any atom is 0.224 e. The van der Waals surface area contributed by atoms with Crippen LogP contribution in [0.5, 0.6) is 0 Å². The van der Waals surface area contributed by atoms with E-state index >= 15 is 0 Å². The minimum absolute atomic E-state index is 0.0140. The summed E-state index contributed by atoms with van der Waals surface area (Å²) in [6, 6.07) is 11.9. The van der Waals surface area contributed by atoms with Crippen LogP contribution in [0.3, 0.4) is 0 Å². The Balaban J connectivity index is 1.73. The molecule has 27 heavy (non-hydrogen) atoms. The van der Waals surface area contributed by atoms with Crippen LogP contribution in [0.2, 0.25) is 5.02 Å². The number of anilines is 1. The largest absolute Gasteiger partial charge is 0.359 e. The molecular weight excluding hydrogens is 360 g/mol. The second-order valence-corrected chi connectivity index (χ2v) is 7.60.